The number of ether oxygens (including phenoxy) is 2. The second-order valence-corrected chi connectivity index (χ2v) is 12.6. The van der Waals surface area contributed by atoms with E-state index in [4.69, 9.17) is 9.47 Å². The number of rotatable bonds is 5. The molecule has 0 saturated heterocycles. The largest absolute Gasteiger partial charge is 0.469 e. The monoisotopic (exact) mass is 460 g/mol. The zero-order valence-electron chi connectivity index (χ0n) is 21.6. The molecule has 3 unspecified atom stereocenters. The van der Waals surface area contributed by atoms with Crippen molar-refractivity contribution in [2.24, 2.45) is 45.8 Å². The summed E-state index contributed by atoms with van der Waals surface area (Å²) in [6.07, 6.45) is 9.41. The molecule has 0 amide bonds. The van der Waals surface area contributed by atoms with E-state index in [2.05, 4.69) is 27.7 Å². The van der Waals surface area contributed by atoms with E-state index in [-0.39, 0.29) is 34.3 Å². The fourth-order valence-electron chi connectivity index (χ4n) is 9.22. The third-order valence-electron chi connectivity index (χ3n) is 11.3. The maximum atomic E-state index is 13.9. The van der Waals surface area contributed by atoms with Crippen LogP contribution in [-0.4, -0.2) is 30.9 Å². The maximum absolute atomic E-state index is 13.9. The van der Waals surface area contributed by atoms with Crippen molar-refractivity contribution in [1.29, 1.82) is 0 Å². The molecule has 4 aliphatic rings. The van der Waals surface area contributed by atoms with Gasteiger partial charge in [0.15, 0.2) is 0 Å². The second-order valence-electron chi connectivity index (χ2n) is 12.6. The molecule has 33 heavy (non-hydrogen) atoms. The van der Waals surface area contributed by atoms with Crippen LogP contribution in [0.25, 0.3) is 0 Å². The van der Waals surface area contributed by atoms with Crippen molar-refractivity contribution in [3.8, 4) is 0 Å². The molecule has 0 radical (unpaired) electrons. The minimum atomic E-state index is -0.254. The zero-order chi connectivity index (χ0) is 24.2. The van der Waals surface area contributed by atoms with Gasteiger partial charge >= 0.3 is 11.9 Å². The predicted molar refractivity (Wildman–Crippen MR) is 126 cm³/mol. The van der Waals surface area contributed by atoms with E-state index in [1.54, 1.807) is 0 Å². The van der Waals surface area contributed by atoms with Crippen molar-refractivity contribution in [1.82, 2.24) is 0 Å². The van der Waals surface area contributed by atoms with Crippen LogP contribution < -0.4 is 0 Å². The normalized spacial score (nSPS) is 45.4. The molecule has 0 bridgehead atoms. The van der Waals surface area contributed by atoms with Crippen molar-refractivity contribution >= 4 is 17.7 Å². The SMILES string of the molecule is COC(=O)CC[C@@H](C)[C@H]1CCC2C3CC[C@]4(C)C[C@H](OC(C)=O)CC[C@]4(C)C3CC(=O)[C@@]21C. The first-order valence-electron chi connectivity index (χ1n) is 13.2. The summed E-state index contributed by atoms with van der Waals surface area (Å²) in [5.74, 6) is 2.35. The standard InChI is InChI=1S/C28H44O5/c1-17(7-10-25(31)32-6)21-8-9-22-20-12-13-26(3)16-19(33-18(2)29)11-14-27(26,4)23(20)15-24(30)28(21,22)5/h17,19-23H,7-16H2,1-6H3/t17-,19-,20?,21-,22?,23?,26-,27-,28-/m1/s1. The van der Waals surface area contributed by atoms with Gasteiger partial charge in [-0.1, -0.05) is 27.7 Å². The van der Waals surface area contributed by atoms with E-state index in [1.807, 2.05) is 0 Å². The van der Waals surface area contributed by atoms with Crippen LogP contribution in [0.4, 0.5) is 0 Å². The van der Waals surface area contributed by atoms with Crippen molar-refractivity contribution in [3.63, 3.8) is 0 Å². The van der Waals surface area contributed by atoms with Gasteiger partial charge in [0.2, 0.25) is 0 Å². The summed E-state index contributed by atoms with van der Waals surface area (Å²) >= 11 is 0. The van der Waals surface area contributed by atoms with E-state index in [0.717, 1.165) is 44.9 Å². The highest BCUT2D eigenvalue weighted by molar-refractivity contribution is 5.87. The summed E-state index contributed by atoms with van der Waals surface area (Å²) in [5.41, 5.74) is -0.0136. The summed E-state index contributed by atoms with van der Waals surface area (Å²) in [5, 5.41) is 0. The number of carbonyl (C=O) groups excluding carboxylic acids is 3. The lowest BCUT2D eigenvalue weighted by atomic mass is 9.40. The Bertz CT molecular complexity index is 806. The summed E-state index contributed by atoms with van der Waals surface area (Å²) in [7, 11) is 1.45. The maximum Gasteiger partial charge on any atom is 0.305 e. The predicted octanol–water partition coefficient (Wildman–Crippen LogP) is 5.74. The summed E-state index contributed by atoms with van der Waals surface area (Å²) in [6.45, 7) is 10.8. The minimum Gasteiger partial charge on any atom is -0.469 e. The number of carbonyl (C=O) groups is 3. The molecule has 9 atom stereocenters. The molecule has 0 heterocycles. The fraction of sp³-hybridized carbons (Fsp3) is 0.893. The second kappa shape index (κ2) is 8.68. The van der Waals surface area contributed by atoms with Crippen molar-refractivity contribution in [3.05, 3.63) is 0 Å². The smallest absolute Gasteiger partial charge is 0.305 e. The lowest BCUT2D eigenvalue weighted by Crippen LogP contribution is -2.60. The van der Waals surface area contributed by atoms with Crippen LogP contribution in [0.5, 0.6) is 0 Å². The number of hydrogen-bond acceptors (Lipinski definition) is 5. The quantitative estimate of drug-likeness (QED) is 0.490. The molecule has 4 saturated carbocycles. The van der Waals surface area contributed by atoms with E-state index < -0.39 is 0 Å². The number of methoxy groups -OCH3 is 1. The van der Waals surface area contributed by atoms with E-state index in [1.165, 1.54) is 20.5 Å². The number of esters is 2. The van der Waals surface area contributed by atoms with E-state index >= 15 is 0 Å². The van der Waals surface area contributed by atoms with Gasteiger partial charge in [0, 0.05) is 25.2 Å². The molecule has 0 aliphatic heterocycles. The minimum absolute atomic E-state index is 0.0215. The van der Waals surface area contributed by atoms with Gasteiger partial charge in [-0.05, 0) is 91.8 Å². The number of ketones is 1. The molecule has 0 aromatic heterocycles. The molecule has 0 aromatic carbocycles. The summed E-state index contributed by atoms with van der Waals surface area (Å²) in [6, 6.07) is 0. The Morgan fingerprint density at radius 1 is 1.06 bits per heavy atom. The van der Waals surface area contributed by atoms with Gasteiger partial charge < -0.3 is 9.47 Å². The van der Waals surface area contributed by atoms with Gasteiger partial charge in [-0.2, -0.15) is 0 Å². The highest BCUT2D eigenvalue weighted by Crippen LogP contribution is 2.70. The van der Waals surface area contributed by atoms with Crippen LogP contribution in [-0.2, 0) is 23.9 Å². The molecular weight excluding hydrogens is 416 g/mol. The first-order chi connectivity index (χ1) is 15.5. The summed E-state index contributed by atoms with van der Waals surface area (Å²) < 4.78 is 10.5. The lowest BCUT2D eigenvalue weighted by Gasteiger charge is -2.64. The Morgan fingerprint density at radius 3 is 2.45 bits per heavy atom. The first kappa shape index (κ1) is 24.7. The molecule has 0 spiro atoms. The Hall–Kier alpha value is -1.39. The molecule has 5 nitrogen and oxygen atoms in total. The number of Topliss-reactive ketones (excluding diaryl/α,β-unsaturated/α-hetero) is 1. The molecule has 5 heteroatoms. The van der Waals surface area contributed by atoms with Crippen molar-refractivity contribution in [2.75, 3.05) is 7.11 Å². The van der Waals surface area contributed by atoms with Gasteiger partial charge in [0.05, 0.1) is 7.11 Å². The third-order valence-corrected chi connectivity index (χ3v) is 11.3. The van der Waals surface area contributed by atoms with Crippen LogP contribution in [0.1, 0.15) is 98.8 Å². The Labute approximate surface area is 199 Å². The van der Waals surface area contributed by atoms with Crippen molar-refractivity contribution < 1.29 is 23.9 Å². The van der Waals surface area contributed by atoms with Crippen LogP contribution >= 0.6 is 0 Å². The molecule has 4 fully saturated rings. The first-order valence-corrected chi connectivity index (χ1v) is 13.2. The number of fused-ring (bicyclic) bond motifs is 5. The molecule has 186 valence electrons. The van der Waals surface area contributed by atoms with Crippen LogP contribution in [0, 0.1) is 45.8 Å². The van der Waals surface area contributed by atoms with Crippen molar-refractivity contribution in [2.45, 2.75) is 105 Å². The third kappa shape index (κ3) is 3.86. The summed E-state index contributed by atoms with van der Waals surface area (Å²) in [4.78, 5) is 37.2. The van der Waals surface area contributed by atoms with E-state index in [9.17, 15) is 14.4 Å². The van der Waals surface area contributed by atoms with Gasteiger partial charge in [0.1, 0.15) is 11.9 Å². The highest BCUT2D eigenvalue weighted by atomic mass is 16.5. The van der Waals surface area contributed by atoms with Crippen LogP contribution in [0.15, 0.2) is 0 Å². The highest BCUT2D eigenvalue weighted by Gasteiger charge is 2.66. The van der Waals surface area contributed by atoms with Gasteiger partial charge in [-0.3, -0.25) is 14.4 Å². The molecule has 0 aromatic rings. The molecule has 0 N–H and O–H groups in total. The Balaban J connectivity index is 1.54. The molecule has 4 aliphatic carbocycles. The van der Waals surface area contributed by atoms with Crippen LogP contribution in [0.2, 0.25) is 0 Å². The Morgan fingerprint density at radius 2 is 1.79 bits per heavy atom. The van der Waals surface area contributed by atoms with Gasteiger partial charge in [-0.15, -0.1) is 0 Å². The van der Waals surface area contributed by atoms with Gasteiger partial charge in [-0.25, -0.2) is 0 Å². The Kier molecular flexibility index (Phi) is 6.50. The molecule has 4 rings (SSSR count). The number of hydrogen-bond donors (Lipinski definition) is 0. The molecular formula is C28H44O5. The average molecular weight is 461 g/mol. The fourth-order valence-corrected chi connectivity index (χ4v) is 9.22. The topological polar surface area (TPSA) is 69.7 Å². The van der Waals surface area contributed by atoms with E-state index in [0.29, 0.717) is 48.2 Å². The van der Waals surface area contributed by atoms with Crippen LogP contribution in [0.3, 0.4) is 0 Å². The zero-order valence-corrected chi connectivity index (χ0v) is 21.6. The van der Waals surface area contributed by atoms with Gasteiger partial charge in [0.25, 0.3) is 0 Å². The lowest BCUT2D eigenvalue weighted by molar-refractivity contribution is -0.186. The average Bonchev–Trinajstić information content (AvgIpc) is 3.12.